The first kappa shape index (κ1) is 24.2. The van der Waals surface area contributed by atoms with Gasteiger partial charge in [-0.05, 0) is 49.3 Å². The van der Waals surface area contributed by atoms with Crippen molar-refractivity contribution in [3.63, 3.8) is 0 Å². The Hall–Kier alpha value is -3.48. The number of carbonyl (C=O) groups excluding carboxylic acids is 1. The lowest BCUT2D eigenvalue weighted by Crippen LogP contribution is -2.46. The number of hydrogen-bond donors (Lipinski definition) is 1. The van der Waals surface area contributed by atoms with Crippen molar-refractivity contribution in [2.75, 3.05) is 45.8 Å². The van der Waals surface area contributed by atoms with E-state index < -0.39 is 0 Å². The van der Waals surface area contributed by atoms with Crippen LogP contribution < -0.4 is 5.32 Å². The van der Waals surface area contributed by atoms with Gasteiger partial charge in [0.05, 0.1) is 11.0 Å². The molecule has 0 atom stereocenters. The summed E-state index contributed by atoms with van der Waals surface area (Å²) < 4.78 is 2.25. The summed E-state index contributed by atoms with van der Waals surface area (Å²) in [4.78, 5) is 22.6. The van der Waals surface area contributed by atoms with Gasteiger partial charge < -0.3 is 19.7 Å². The quantitative estimate of drug-likeness (QED) is 0.358. The van der Waals surface area contributed by atoms with Gasteiger partial charge in [0, 0.05) is 50.4 Å². The third kappa shape index (κ3) is 5.66. The normalized spacial score (nSPS) is 14.8. The van der Waals surface area contributed by atoms with E-state index in [1.165, 1.54) is 5.56 Å². The Morgan fingerprint density at radius 2 is 1.56 bits per heavy atom. The highest BCUT2D eigenvalue weighted by molar-refractivity contribution is 5.94. The topological polar surface area (TPSA) is 53.4 Å². The molecule has 1 fully saturated rings. The Kier molecular flexibility index (Phi) is 7.74. The molecule has 1 aliphatic rings. The first-order valence-electron chi connectivity index (χ1n) is 13.0. The Bertz CT molecular complexity index is 1270. The van der Waals surface area contributed by atoms with Crippen LogP contribution in [-0.4, -0.2) is 71.1 Å². The number of likely N-dealkylation sites (N-methyl/N-ethyl adjacent to an activating group) is 1. The van der Waals surface area contributed by atoms with E-state index in [-0.39, 0.29) is 5.91 Å². The number of nitrogens with zero attached hydrogens (tertiary/aromatic N) is 4. The molecule has 2 heterocycles. The molecule has 0 spiro atoms. The number of aromatic nitrogens is 2. The standard InChI is InChI=1S/C30H35N5O/c1-2-33-19-21-34(22-20-33)18-8-17-31-30(36)26-15-13-25(14-16-26)29-32-27-11-6-7-12-28(27)35(29)23-24-9-4-3-5-10-24/h3-7,9-16H,2,8,17-23H2,1H3,(H,31,36). The fourth-order valence-electron chi connectivity index (χ4n) is 4.93. The van der Waals surface area contributed by atoms with Crippen LogP contribution in [0.1, 0.15) is 29.3 Å². The van der Waals surface area contributed by atoms with E-state index in [1.54, 1.807) is 0 Å². The summed E-state index contributed by atoms with van der Waals surface area (Å²) >= 11 is 0. The number of amides is 1. The maximum absolute atomic E-state index is 12.7. The van der Waals surface area contributed by atoms with Gasteiger partial charge in [-0.15, -0.1) is 0 Å². The summed E-state index contributed by atoms with van der Waals surface area (Å²) in [5.41, 5.74) is 4.99. The second-order valence-corrected chi connectivity index (χ2v) is 9.46. The summed E-state index contributed by atoms with van der Waals surface area (Å²) in [5, 5.41) is 3.09. The number of carbonyl (C=O) groups is 1. The number of para-hydroxylation sites is 2. The number of benzene rings is 3. The van der Waals surface area contributed by atoms with Crippen LogP contribution in [0.25, 0.3) is 22.4 Å². The van der Waals surface area contributed by atoms with Crippen LogP contribution >= 0.6 is 0 Å². The highest BCUT2D eigenvalue weighted by Crippen LogP contribution is 2.26. The lowest BCUT2D eigenvalue weighted by molar-refractivity contribution is 0.0948. The smallest absolute Gasteiger partial charge is 0.251 e. The van der Waals surface area contributed by atoms with Crippen molar-refractivity contribution in [1.82, 2.24) is 24.7 Å². The van der Waals surface area contributed by atoms with Gasteiger partial charge in [-0.3, -0.25) is 4.79 Å². The van der Waals surface area contributed by atoms with E-state index in [4.69, 9.17) is 4.98 Å². The van der Waals surface area contributed by atoms with Gasteiger partial charge in [0.1, 0.15) is 5.82 Å². The Morgan fingerprint density at radius 3 is 2.31 bits per heavy atom. The number of hydrogen-bond acceptors (Lipinski definition) is 4. The first-order valence-corrected chi connectivity index (χ1v) is 13.0. The molecule has 1 aromatic heterocycles. The number of nitrogens with one attached hydrogen (secondary N) is 1. The molecule has 6 heteroatoms. The molecular formula is C30H35N5O. The molecule has 1 aliphatic heterocycles. The van der Waals surface area contributed by atoms with Crippen molar-refractivity contribution in [2.24, 2.45) is 0 Å². The molecule has 1 amide bonds. The van der Waals surface area contributed by atoms with E-state index in [0.717, 1.165) is 74.7 Å². The molecule has 0 unspecified atom stereocenters. The first-order chi connectivity index (χ1) is 17.7. The highest BCUT2D eigenvalue weighted by atomic mass is 16.1. The molecule has 1 N–H and O–H groups in total. The molecule has 186 valence electrons. The van der Waals surface area contributed by atoms with Gasteiger partial charge in [0.25, 0.3) is 5.91 Å². The molecule has 0 bridgehead atoms. The van der Waals surface area contributed by atoms with Crippen molar-refractivity contribution in [3.8, 4) is 11.4 Å². The van der Waals surface area contributed by atoms with E-state index in [0.29, 0.717) is 12.1 Å². The zero-order valence-corrected chi connectivity index (χ0v) is 21.1. The summed E-state index contributed by atoms with van der Waals surface area (Å²) in [6, 6.07) is 26.5. The summed E-state index contributed by atoms with van der Waals surface area (Å²) in [7, 11) is 0. The minimum absolute atomic E-state index is 0.0184. The largest absolute Gasteiger partial charge is 0.352 e. The zero-order valence-electron chi connectivity index (χ0n) is 21.1. The van der Waals surface area contributed by atoms with E-state index >= 15 is 0 Å². The minimum Gasteiger partial charge on any atom is -0.352 e. The van der Waals surface area contributed by atoms with Crippen LogP contribution in [0.15, 0.2) is 78.9 Å². The predicted molar refractivity (Wildman–Crippen MR) is 146 cm³/mol. The van der Waals surface area contributed by atoms with E-state index in [9.17, 15) is 4.79 Å². The molecule has 6 nitrogen and oxygen atoms in total. The van der Waals surface area contributed by atoms with Crippen molar-refractivity contribution >= 4 is 16.9 Å². The number of piperazine rings is 1. The van der Waals surface area contributed by atoms with Gasteiger partial charge in [0.15, 0.2) is 0 Å². The highest BCUT2D eigenvalue weighted by Gasteiger charge is 2.16. The lowest BCUT2D eigenvalue weighted by Gasteiger charge is -2.33. The average molecular weight is 482 g/mol. The van der Waals surface area contributed by atoms with Crippen LogP contribution in [0.3, 0.4) is 0 Å². The van der Waals surface area contributed by atoms with Crippen LogP contribution in [0, 0.1) is 0 Å². The van der Waals surface area contributed by atoms with Crippen LogP contribution in [0.5, 0.6) is 0 Å². The van der Waals surface area contributed by atoms with Crippen LogP contribution in [0.2, 0.25) is 0 Å². The molecule has 1 saturated heterocycles. The van der Waals surface area contributed by atoms with E-state index in [2.05, 4.69) is 56.9 Å². The third-order valence-corrected chi connectivity index (χ3v) is 7.09. The number of rotatable bonds is 9. The molecule has 0 radical (unpaired) electrons. The van der Waals surface area contributed by atoms with Crippen molar-refractivity contribution in [3.05, 3.63) is 90.0 Å². The second-order valence-electron chi connectivity index (χ2n) is 9.46. The number of fused-ring (bicyclic) bond motifs is 1. The summed E-state index contributed by atoms with van der Waals surface area (Å²) in [6.07, 6.45) is 0.972. The maximum Gasteiger partial charge on any atom is 0.251 e. The Balaban J connectivity index is 1.22. The predicted octanol–water partition coefficient (Wildman–Crippen LogP) is 4.51. The molecule has 3 aromatic carbocycles. The fourth-order valence-corrected chi connectivity index (χ4v) is 4.93. The van der Waals surface area contributed by atoms with Gasteiger partial charge >= 0.3 is 0 Å². The molecule has 0 saturated carbocycles. The average Bonchev–Trinajstić information content (AvgIpc) is 3.30. The molecule has 0 aliphatic carbocycles. The van der Waals surface area contributed by atoms with Gasteiger partial charge in [-0.1, -0.05) is 61.5 Å². The van der Waals surface area contributed by atoms with Crippen molar-refractivity contribution in [2.45, 2.75) is 19.9 Å². The van der Waals surface area contributed by atoms with Crippen LogP contribution in [-0.2, 0) is 6.54 Å². The third-order valence-electron chi connectivity index (χ3n) is 7.09. The lowest BCUT2D eigenvalue weighted by atomic mass is 10.1. The van der Waals surface area contributed by atoms with E-state index in [1.807, 2.05) is 48.5 Å². The second kappa shape index (κ2) is 11.5. The van der Waals surface area contributed by atoms with Gasteiger partial charge in [-0.25, -0.2) is 4.98 Å². The minimum atomic E-state index is -0.0184. The number of imidazole rings is 1. The van der Waals surface area contributed by atoms with Crippen molar-refractivity contribution in [1.29, 1.82) is 0 Å². The Morgan fingerprint density at radius 1 is 0.861 bits per heavy atom. The fraction of sp³-hybridized carbons (Fsp3) is 0.333. The Labute approximate surface area is 213 Å². The molecule has 36 heavy (non-hydrogen) atoms. The zero-order chi connectivity index (χ0) is 24.7. The summed E-state index contributed by atoms with van der Waals surface area (Å²) in [5.74, 6) is 0.894. The molecule has 5 rings (SSSR count). The molecular weight excluding hydrogens is 446 g/mol. The maximum atomic E-state index is 12.7. The monoisotopic (exact) mass is 481 g/mol. The van der Waals surface area contributed by atoms with Gasteiger partial charge in [0.2, 0.25) is 0 Å². The SMILES string of the molecule is CCN1CCN(CCCNC(=O)c2ccc(-c3nc4ccccc4n3Cc3ccccc3)cc2)CC1. The van der Waals surface area contributed by atoms with Crippen molar-refractivity contribution < 1.29 is 4.79 Å². The van der Waals surface area contributed by atoms with Crippen LogP contribution in [0.4, 0.5) is 0 Å². The van der Waals surface area contributed by atoms with Gasteiger partial charge in [-0.2, -0.15) is 0 Å². The summed E-state index contributed by atoms with van der Waals surface area (Å²) in [6.45, 7) is 10.4. The molecule has 4 aromatic rings.